The molecule has 0 aliphatic heterocycles. The van der Waals surface area contributed by atoms with Crippen LogP contribution in [0.4, 0.5) is 0 Å². The van der Waals surface area contributed by atoms with E-state index in [0.717, 1.165) is 6.42 Å². The van der Waals surface area contributed by atoms with Crippen molar-refractivity contribution in [2.75, 3.05) is 0 Å². The highest BCUT2D eigenvalue weighted by Gasteiger charge is 2.09. The molecule has 1 N–H and O–H groups in total. The molecule has 4 nitrogen and oxygen atoms in total. The van der Waals surface area contributed by atoms with Crippen LogP contribution in [0.2, 0.25) is 0 Å². The maximum absolute atomic E-state index is 10.0. The van der Waals surface area contributed by atoms with Crippen LogP contribution in [0.25, 0.3) is 0 Å². The molecule has 0 aromatic carbocycles. The van der Waals surface area contributed by atoms with Crippen molar-refractivity contribution in [2.45, 2.75) is 31.6 Å². The Morgan fingerprint density at radius 2 is 2.10 bits per heavy atom. The molecule has 0 aliphatic carbocycles. The van der Waals surface area contributed by atoms with E-state index in [1.54, 1.807) is 0 Å². The minimum atomic E-state index is -4.47. The maximum Gasteiger partial charge on any atom is 0.143 e. The number of hydrogen-bond donors (Lipinski definition) is 1. The summed E-state index contributed by atoms with van der Waals surface area (Å²) >= 11 is 0. The van der Waals surface area contributed by atoms with Crippen molar-refractivity contribution in [3.05, 3.63) is 0 Å². The fraction of sp³-hybridized carbons (Fsp3) is 1.00. The van der Waals surface area contributed by atoms with Gasteiger partial charge in [0.1, 0.15) is 15.6 Å². The van der Waals surface area contributed by atoms with Crippen molar-refractivity contribution in [3.8, 4) is 0 Å². The fourth-order valence-corrected chi connectivity index (χ4v) is 0.978. The predicted molar refractivity (Wildman–Crippen MR) is 35.2 cm³/mol. The van der Waals surface area contributed by atoms with E-state index in [0.29, 0.717) is 6.42 Å². The van der Waals surface area contributed by atoms with Crippen LogP contribution in [0, 0.1) is 0 Å². The van der Waals surface area contributed by atoms with E-state index in [1.807, 2.05) is 6.92 Å². The second-order valence-corrected chi connectivity index (χ2v) is 3.62. The van der Waals surface area contributed by atoms with E-state index in [2.05, 4.69) is 0 Å². The molecule has 0 aromatic rings. The topological polar surface area (TPSA) is 77.4 Å². The van der Waals surface area contributed by atoms with Gasteiger partial charge in [-0.25, -0.2) is 8.42 Å². The first-order chi connectivity index (χ1) is 4.48. The van der Waals surface area contributed by atoms with Crippen LogP contribution in [-0.2, 0) is 10.1 Å². The summed E-state index contributed by atoms with van der Waals surface area (Å²) in [4.78, 5) is 0. The lowest BCUT2D eigenvalue weighted by Gasteiger charge is -2.13. The summed E-state index contributed by atoms with van der Waals surface area (Å²) in [6.07, 6.45) is 1.37. The van der Waals surface area contributed by atoms with E-state index < -0.39 is 15.6 Å². The van der Waals surface area contributed by atoms with Crippen molar-refractivity contribution >= 4 is 10.1 Å². The molecule has 0 saturated heterocycles. The van der Waals surface area contributed by atoms with Gasteiger partial charge in [-0.05, 0) is 6.42 Å². The third-order valence-corrected chi connectivity index (χ3v) is 2.04. The van der Waals surface area contributed by atoms with E-state index in [4.69, 9.17) is 5.11 Å². The van der Waals surface area contributed by atoms with E-state index >= 15 is 0 Å². The number of aliphatic hydroxyl groups excluding tert-OH is 1. The van der Waals surface area contributed by atoms with Gasteiger partial charge in [0.25, 0.3) is 0 Å². The van der Waals surface area contributed by atoms with Crippen LogP contribution in [0.5, 0.6) is 0 Å². The molecule has 0 aliphatic rings. The smallest absolute Gasteiger partial charge is 0.143 e. The van der Waals surface area contributed by atoms with Crippen LogP contribution in [0.1, 0.15) is 26.2 Å². The molecule has 0 fully saturated rings. The fourth-order valence-electron chi connectivity index (χ4n) is 0.523. The summed E-state index contributed by atoms with van der Waals surface area (Å²) < 4.78 is 30.1. The van der Waals surface area contributed by atoms with E-state index in [1.165, 1.54) is 0 Å². The largest absolute Gasteiger partial charge is 0.746 e. The Labute approximate surface area is 60.6 Å². The van der Waals surface area contributed by atoms with Gasteiger partial charge in [0, 0.05) is 0 Å². The molecule has 0 heterocycles. The molecule has 0 rings (SSSR count). The Morgan fingerprint density at radius 1 is 1.60 bits per heavy atom. The summed E-state index contributed by atoms with van der Waals surface area (Å²) in [5.41, 5.74) is -1.72. The monoisotopic (exact) mass is 167 g/mol. The number of hydrogen-bond acceptors (Lipinski definition) is 4. The van der Waals surface area contributed by atoms with Crippen molar-refractivity contribution in [3.63, 3.8) is 0 Å². The van der Waals surface area contributed by atoms with Gasteiger partial charge in [-0.1, -0.05) is 19.8 Å². The number of unbranched alkanes of at least 4 members (excludes halogenated alkanes) is 1. The molecule has 0 bridgehead atoms. The van der Waals surface area contributed by atoms with Gasteiger partial charge in [-0.2, -0.15) is 0 Å². The Balaban J connectivity index is 3.75. The minimum Gasteiger partial charge on any atom is -0.746 e. The normalized spacial score (nSPS) is 15.1. The molecule has 0 radical (unpaired) electrons. The lowest BCUT2D eigenvalue weighted by atomic mass is 10.3. The molecule has 1 unspecified atom stereocenters. The SMILES string of the molecule is CCCCC(O)S(=O)(=O)[O-]. The second-order valence-electron chi connectivity index (χ2n) is 2.09. The van der Waals surface area contributed by atoms with Crippen molar-refractivity contribution in [1.82, 2.24) is 0 Å². The quantitative estimate of drug-likeness (QED) is 0.600. The predicted octanol–water partition coefficient (Wildman–Crippen LogP) is 0.0402. The molecule has 10 heavy (non-hydrogen) atoms. The average molecular weight is 167 g/mol. The Hall–Kier alpha value is -0.130. The highest BCUT2D eigenvalue weighted by Crippen LogP contribution is 2.04. The molecule has 5 heteroatoms. The van der Waals surface area contributed by atoms with E-state index in [-0.39, 0.29) is 6.42 Å². The molecular weight excluding hydrogens is 156 g/mol. The highest BCUT2D eigenvalue weighted by atomic mass is 32.2. The van der Waals surface area contributed by atoms with Crippen LogP contribution >= 0.6 is 0 Å². The van der Waals surface area contributed by atoms with Gasteiger partial charge < -0.3 is 9.66 Å². The molecule has 1 atom stereocenters. The van der Waals surface area contributed by atoms with E-state index in [9.17, 15) is 13.0 Å². The van der Waals surface area contributed by atoms with Crippen LogP contribution in [-0.4, -0.2) is 23.5 Å². The first-order valence-corrected chi connectivity index (χ1v) is 4.58. The zero-order valence-corrected chi connectivity index (χ0v) is 6.60. The third kappa shape index (κ3) is 3.81. The zero-order valence-electron chi connectivity index (χ0n) is 5.78. The van der Waals surface area contributed by atoms with Gasteiger partial charge in [0.2, 0.25) is 0 Å². The summed E-state index contributed by atoms with van der Waals surface area (Å²) in [6, 6.07) is 0. The second kappa shape index (κ2) is 3.90. The Bertz CT molecular complexity index is 172. The molecule has 0 aromatic heterocycles. The first kappa shape index (κ1) is 9.87. The molecule has 0 amide bonds. The number of rotatable bonds is 4. The summed E-state index contributed by atoms with van der Waals surface area (Å²) in [5.74, 6) is 0. The molecule has 62 valence electrons. The third-order valence-electron chi connectivity index (χ3n) is 1.14. The average Bonchev–Trinajstić information content (AvgIpc) is 1.80. The highest BCUT2D eigenvalue weighted by molar-refractivity contribution is 7.86. The van der Waals surface area contributed by atoms with Gasteiger partial charge in [0.05, 0.1) is 0 Å². The number of aliphatic hydroxyl groups is 1. The zero-order chi connectivity index (χ0) is 8.20. The van der Waals surface area contributed by atoms with Crippen molar-refractivity contribution in [1.29, 1.82) is 0 Å². The van der Waals surface area contributed by atoms with Crippen molar-refractivity contribution in [2.24, 2.45) is 0 Å². The maximum atomic E-state index is 10.0. The lowest BCUT2D eigenvalue weighted by molar-refractivity contribution is 0.218. The molecular formula is C5H11O4S-. The molecule has 0 spiro atoms. The van der Waals surface area contributed by atoms with Gasteiger partial charge in [-0.15, -0.1) is 0 Å². The van der Waals surface area contributed by atoms with Gasteiger partial charge >= 0.3 is 0 Å². The minimum absolute atomic E-state index is 0.0440. The molecule has 0 saturated carbocycles. The van der Waals surface area contributed by atoms with Crippen LogP contribution in [0.3, 0.4) is 0 Å². The first-order valence-electron chi connectivity index (χ1n) is 3.11. The van der Waals surface area contributed by atoms with Crippen LogP contribution < -0.4 is 0 Å². The van der Waals surface area contributed by atoms with Gasteiger partial charge in [0.15, 0.2) is 0 Å². The Morgan fingerprint density at radius 3 is 2.40 bits per heavy atom. The lowest BCUT2D eigenvalue weighted by Crippen LogP contribution is -2.19. The van der Waals surface area contributed by atoms with Crippen molar-refractivity contribution < 1.29 is 18.1 Å². The summed E-state index contributed by atoms with van der Waals surface area (Å²) in [6.45, 7) is 1.85. The van der Waals surface area contributed by atoms with Gasteiger partial charge in [-0.3, -0.25) is 0 Å². The standard InChI is InChI=1S/C5H12O4S/c1-2-3-4-5(6)10(7,8)9/h5-6H,2-4H2,1H3,(H,7,8,9)/p-1. The van der Waals surface area contributed by atoms with Crippen LogP contribution in [0.15, 0.2) is 0 Å². The summed E-state index contributed by atoms with van der Waals surface area (Å²) in [7, 11) is -4.47. The Kier molecular flexibility index (Phi) is 3.85. The summed E-state index contributed by atoms with van der Waals surface area (Å²) in [5, 5.41) is 8.62.